The van der Waals surface area contributed by atoms with E-state index in [1.807, 2.05) is 20.8 Å². The lowest BCUT2D eigenvalue weighted by atomic mass is 10.1. The van der Waals surface area contributed by atoms with Crippen LogP contribution in [0.3, 0.4) is 0 Å². The fraction of sp³-hybridized carbons (Fsp3) is 0.263. The summed E-state index contributed by atoms with van der Waals surface area (Å²) >= 11 is 1.41. The monoisotopic (exact) mass is 413 g/mol. The molecular weight excluding hydrogens is 394 g/mol. The standard InChI is InChI=1S/C19H19N5O4S/c1-4-13-6-5-12(7-14(13)24(27)28)9-20-23-16(25)8-15-21-18(26)17-10(2)11(3)29-19(17)22-15/h5-7,9H,4,8H2,1-3H3,(H,23,25)(H,21,22,26)/b20-9-. The summed E-state index contributed by atoms with van der Waals surface area (Å²) in [6.45, 7) is 5.62. The van der Waals surface area contributed by atoms with Crippen molar-refractivity contribution in [3.63, 3.8) is 0 Å². The lowest BCUT2D eigenvalue weighted by Gasteiger charge is -2.02. The number of carbonyl (C=O) groups excluding carboxylic acids is 1. The fourth-order valence-electron chi connectivity index (χ4n) is 2.88. The van der Waals surface area contributed by atoms with Crippen LogP contribution in [-0.2, 0) is 17.6 Å². The molecule has 2 aromatic heterocycles. The molecule has 2 N–H and O–H groups in total. The Labute approximate surface area is 169 Å². The molecule has 0 aliphatic carbocycles. The van der Waals surface area contributed by atoms with E-state index in [1.165, 1.54) is 23.6 Å². The van der Waals surface area contributed by atoms with Crippen LogP contribution < -0.4 is 11.0 Å². The molecule has 150 valence electrons. The molecule has 0 saturated heterocycles. The van der Waals surface area contributed by atoms with E-state index in [1.54, 1.807) is 12.1 Å². The summed E-state index contributed by atoms with van der Waals surface area (Å²) in [4.78, 5) is 43.6. The number of aryl methyl sites for hydroxylation is 3. The van der Waals surface area contributed by atoms with Gasteiger partial charge in [0.1, 0.15) is 10.7 Å². The first-order valence-corrected chi connectivity index (χ1v) is 9.70. The molecule has 29 heavy (non-hydrogen) atoms. The first kappa shape index (κ1) is 20.3. The van der Waals surface area contributed by atoms with Crippen LogP contribution >= 0.6 is 11.3 Å². The Morgan fingerprint density at radius 3 is 2.86 bits per heavy atom. The molecule has 0 aliphatic rings. The molecule has 0 atom stereocenters. The normalized spacial score (nSPS) is 11.3. The van der Waals surface area contributed by atoms with Gasteiger partial charge in [-0.05, 0) is 25.8 Å². The lowest BCUT2D eigenvalue weighted by molar-refractivity contribution is -0.385. The van der Waals surface area contributed by atoms with E-state index in [-0.39, 0.29) is 23.5 Å². The molecule has 0 saturated carbocycles. The van der Waals surface area contributed by atoms with Crippen molar-refractivity contribution in [1.29, 1.82) is 0 Å². The SMILES string of the molecule is CCc1ccc(/C=N\NC(=O)Cc2nc3sc(C)c(C)c3c(=O)[nH]2)cc1[N+](=O)[O-]. The van der Waals surface area contributed by atoms with Crippen molar-refractivity contribution in [3.8, 4) is 0 Å². The predicted molar refractivity (Wildman–Crippen MR) is 112 cm³/mol. The molecule has 0 bridgehead atoms. The van der Waals surface area contributed by atoms with Gasteiger partial charge in [0.05, 0.1) is 22.9 Å². The van der Waals surface area contributed by atoms with Crippen LogP contribution in [0.15, 0.2) is 28.1 Å². The number of nitro benzene ring substituents is 1. The van der Waals surface area contributed by atoms with Gasteiger partial charge in [0, 0.05) is 22.1 Å². The van der Waals surface area contributed by atoms with Crippen molar-refractivity contribution < 1.29 is 9.72 Å². The molecule has 3 aromatic rings. The molecule has 0 radical (unpaired) electrons. The Hall–Kier alpha value is -3.40. The highest BCUT2D eigenvalue weighted by atomic mass is 32.1. The number of nitrogens with zero attached hydrogens (tertiary/aromatic N) is 3. The molecule has 3 rings (SSSR count). The lowest BCUT2D eigenvalue weighted by Crippen LogP contribution is -2.23. The minimum atomic E-state index is -0.464. The average molecular weight is 413 g/mol. The number of nitrogens with one attached hydrogen (secondary N) is 2. The Bertz CT molecular complexity index is 1200. The number of thiophene rings is 1. The third-order valence-electron chi connectivity index (χ3n) is 4.51. The zero-order valence-electron chi connectivity index (χ0n) is 16.1. The third kappa shape index (κ3) is 4.37. The summed E-state index contributed by atoms with van der Waals surface area (Å²) < 4.78 is 0. The van der Waals surface area contributed by atoms with Crippen LogP contribution in [0.2, 0.25) is 0 Å². The van der Waals surface area contributed by atoms with Gasteiger partial charge in [-0.2, -0.15) is 5.10 Å². The highest BCUT2D eigenvalue weighted by Gasteiger charge is 2.14. The van der Waals surface area contributed by atoms with Gasteiger partial charge in [-0.3, -0.25) is 19.7 Å². The van der Waals surface area contributed by atoms with Crippen molar-refractivity contribution in [2.45, 2.75) is 33.6 Å². The zero-order chi connectivity index (χ0) is 21.1. The number of benzene rings is 1. The summed E-state index contributed by atoms with van der Waals surface area (Å²) in [6.07, 6.45) is 1.73. The van der Waals surface area contributed by atoms with Gasteiger partial charge in [0.25, 0.3) is 11.2 Å². The quantitative estimate of drug-likeness (QED) is 0.364. The maximum absolute atomic E-state index is 12.2. The van der Waals surface area contributed by atoms with E-state index in [0.717, 1.165) is 10.4 Å². The van der Waals surface area contributed by atoms with Crippen LogP contribution in [-0.4, -0.2) is 27.0 Å². The highest BCUT2D eigenvalue weighted by Crippen LogP contribution is 2.25. The van der Waals surface area contributed by atoms with Crippen LogP contribution in [0.1, 0.15) is 34.3 Å². The number of carbonyl (C=O) groups is 1. The number of aromatic amines is 1. The van der Waals surface area contributed by atoms with E-state index < -0.39 is 10.8 Å². The van der Waals surface area contributed by atoms with Crippen molar-refractivity contribution in [1.82, 2.24) is 15.4 Å². The summed E-state index contributed by atoms with van der Waals surface area (Å²) in [5, 5.41) is 15.5. The number of hydrazone groups is 1. The number of hydrogen-bond donors (Lipinski definition) is 2. The third-order valence-corrected chi connectivity index (χ3v) is 5.61. The molecular formula is C19H19N5O4S. The largest absolute Gasteiger partial charge is 0.309 e. The maximum Gasteiger partial charge on any atom is 0.273 e. The smallest absolute Gasteiger partial charge is 0.273 e. The van der Waals surface area contributed by atoms with Crippen LogP contribution in [0.4, 0.5) is 5.69 Å². The summed E-state index contributed by atoms with van der Waals surface area (Å²) in [7, 11) is 0. The predicted octanol–water partition coefficient (Wildman–Crippen LogP) is 2.76. The number of fused-ring (bicyclic) bond motifs is 1. The van der Waals surface area contributed by atoms with Crippen molar-refractivity contribution >= 4 is 39.4 Å². The van der Waals surface area contributed by atoms with Gasteiger partial charge in [-0.1, -0.05) is 19.1 Å². The second-order valence-corrected chi connectivity index (χ2v) is 7.65. The van der Waals surface area contributed by atoms with Crippen LogP contribution in [0.25, 0.3) is 10.2 Å². The van der Waals surface area contributed by atoms with Gasteiger partial charge in [0.2, 0.25) is 5.91 Å². The molecule has 0 spiro atoms. The first-order valence-electron chi connectivity index (χ1n) is 8.88. The second-order valence-electron chi connectivity index (χ2n) is 6.44. The molecule has 0 aliphatic heterocycles. The number of nitro groups is 1. The molecule has 1 amide bonds. The molecule has 0 fully saturated rings. The number of aromatic nitrogens is 2. The van der Waals surface area contributed by atoms with E-state index in [9.17, 15) is 19.7 Å². The molecule has 9 nitrogen and oxygen atoms in total. The second kappa shape index (κ2) is 8.31. The Morgan fingerprint density at radius 1 is 1.41 bits per heavy atom. The Balaban J connectivity index is 1.70. The average Bonchev–Trinajstić information content (AvgIpc) is 2.95. The van der Waals surface area contributed by atoms with Gasteiger partial charge < -0.3 is 4.98 Å². The topological polar surface area (TPSA) is 130 Å². The minimum Gasteiger partial charge on any atom is -0.309 e. The van der Waals surface area contributed by atoms with Crippen molar-refractivity contribution in [3.05, 3.63) is 66.1 Å². The van der Waals surface area contributed by atoms with Gasteiger partial charge in [0.15, 0.2) is 0 Å². The molecule has 2 heterocycles. The number of hydrogen-bond acceptors (Lipinski definition) is 7. The van der Waals surface area contributed by atoms with E-state index in [0.29, 0.717) is 27.8 Å². The summed E-state index contributed by atoms with van der Waals surface area (Å²) in [5.74, 6) is -0.215. The van der Waals surface area contributed by atoms with E-state index in [4.69, 9.17) is 0 Å². The van der Waals surface area contributed by atoms with Crippen molar-refractivity contribution in [2.75, 3.05) is 0 Å². The van der Waals surface area contributed by atoms with Gasteiger partial charge in [-0.15, -0.1) is 11.3 Å². The van der Waals surface area contributed by atoms with Gasteiger partial charge >= 0.3 is 0 Å². The van der Waals surface area contributed by atoms with Crippen LogP contribution in [0, 0.1) is 24.0 Å². The number of amides is 1. The van der Waals surface area contributed by atoms with Crippen LogP contribution in [0.5, 0.6) is 0 Å². The van der Waals surface area contributed by atoms with E-state index >= 15 is 0 Å². The summed E-state index contributed by atoms with van der Waals surface area (Å²) in [6, 6.07) is 4.76. The Kier molecular flexibility index (Phi) is 5.83. The highest BCUT2D eigenvalue weighted by molar-refractivity contribution is 7.18. The summed E-state index contributed by atoms with van der Waals surface area (Å²) in [5.41, 5.74) is 4.09. The van der Waals surface area contributed by atoms with Crippen molar-refractivity contribution in [2.24, 2.45) is 5.10 Å². The molecule has 1 aromatic carbocycles. The maximum atomic E-state index is 12.2. The van der Waals surface area contributed by atoms with Gasteiger partial charge in [-0.25, -0.2) is 10.4 Å². The first-order chi connectivity index (χ1) is 13.8. The Morgan fingerprint density at radius 2 is 2.17 bits per heavy atom. The molecule has 10 heteroatoms. The van der Waals surface area contributed by atoms with E-state index in [2.05, 4.69) is 20.5 Å². The zero-order valence-corrected chi connectivity index (χ0v) is 16.9. The number of H-pyrrole nitrogens is 1. The number of rotatable bonds is 6. The minimum absolute atomic E-state index is 0.0133. The fourth-order valence-corrected chi connectivity index (χ4v) is 3.93. The molecule has 0 unspecified atom stereocenters.